The van der Waals surface area contributed by atoms with E-state index in [0.717, 1.165) is 35.7 Å². The molecule has 218 valence electrons. The summed E-state index contributed by atoms with van der Waals surface area (Å²) in [6.45, 7) is 1.74. The molecule has 42 heavy (non-hydrogen) atoms. The second-order valence-electron chi connectivity index (χ2n) is 10.3. The third kappa shape index (κ3) is 6.65. The van der Waals surface area contributed by atoms with Gasteiger partial charge in [-0.05, 0) is 62.2 Å². The van der Waals surface area contributed by atoms with Gasteiger partial charge < -0.3 is 19.5 Å². The van der Waals surface area contributed by atoms with E-state index in [1.54, 1.807) is 24.4 Å². The van der Waals surface area contributed by atoms with Gasteiger partial charge in [0.2, 0.25) is 5.75 Å². The molecular formula is C32H33BrN4O5. The molecule has 1 N–H and O–H groups in total. The van der Waals surface area contributed by atoms with Crippen LogP contribution >= 0.6 is 15.9 Å². The van der Waals surface area contributed by atoms with Gasteiger partial charge in [0.05, 0.1) is 31.3 Å². The monoisotopic (exact) mass is 632 g/mol. The molecule has 1 aromatic heterocycles. The van der Waals surface area contributed by atoms with Crippen LogP contribution in [0.25, 0.3) is 10.9 Å². The Morgan fingerprint density at radius 3 is 2.40 bits per heavy atom. The molecule has 0 saturated heterocycles. The molecule has 3 aromatic carbocycles. The normalized spacial score (nSPS) is 13.8. The molecule has 0 bridgehead atoms. The first kappa shape index (κ1) is 29.3. The Morgan fingerprint density at radius 2 is 1.74 bits per heavy atom. The van der Waals surface area contributed by atoms with Gasteiger partial charge >= 0.3 is 0 Å². The van der Waals surface area contributed by atoms with Gasteiger partial charge in [0.15, 0.2) is 18.1 Å². The molecule has 0 aliphatic heterocycles. The van der Waals surface area contributed by atoms with Gasteiger partial charge in [-0.2, -0.15) is 9.78 Å². The lowest BCUT2D eigenvalue weighted by Gasteiger charge is -2.22. The summed E-state index contributed by atoms with van der Waals surface area (Å²) < 4.78 is 19.2. The van der Waals surface area contributed by atoms with Gasteiger partial charge in [-0.15, -0.1) is 0 Å². The predicted molar refractivity (Wildman–Crippen MR) is 167 cm³/mol. The van der Waals surface area contributed by atoms with E-state index < -0.39 is 0 Å². The van der Waals surface area contributed by atoms with Crippen molar-refractivity contribution in [2.45, 2.75) is 44.9 Å². The van der Waals surface area contributed by atoms with Gasteiger partial charge in [-0.25, -0.2) is 4.98 Å². The van der Waals surface area contributed by atoms with E-state index in [-0.39, 0.29) is 29.7 Å². The minimum Gasteiger partial charge on any atom is -0.493 e. The van der Waals surface area contributed by atoms with Gasteiger partial charge in [-0.1, -0.05) is 52.9 Å². The Hall–Kier alpha value is -4.18. The van der Waals surface area contributed by atoms with E-state index in [4.69, 9.17) is 19.2 Å². The van der Waals surface area contributed by atoms with E-state index in [9.17, 15) is 9.59 Å². The number of carbonyl (C=O) groups is 1. The summed E-state index contributed by atoms with van der Waals surface area (Å²) in [7, 11) is 3.01. The Kier molecular flexibility index (Phi) is 9.22. The largest absolute Gasteiger partial charge is 0.493 e. The average molecular weight is 634 g/mol. The number of methoxy groups -OCH3 is 2. The van der Waals surface area contributed by atoms with Gasteiger partial charge in [-0.3, -0.25) is 9.59 Å². The summed E-state index contributed by atoms with van der Waals surface area (Å²) in [6, 6.07) is 16.5. The minimum atomic E-state index is -0.321. The highest BCUT2D eigenvalue weighted by Crippen LogP contribution is 2.38. The summed E-state index contributed by atoms with van der Waals surface area (Å²) in [5.41, 5.74) is 2.83. The number of nitrogens with zero attached hydrogens (tertiary/aromatic N) is 3. The first-order chi connectivity index (χ1) is 20.4. The summed E-state index contributed by atoms with van der Waals surface area (Å²) in [6.07, 6.45) is 6.90. The smallest absolute Gasteiger partial charge is 0.282 e. The number of amides is 1. The lowest BCUT2D eigenvalue weighted by atomic mass is 9.88. The number of carbonyl (C=O) groups excluding carboxylic acids is 1. The zero-order chi connectivity index (χ0) is 29.6. The third-order valence-electron chi connectivity index (χ3n) is 7.29. The van der Waals surface area contributed by atoms with Crippen LogP contribution in [0.15, 0.2) is 69.0 Å². The van der Waals surface area contributed by atoms with Gasteiger partial charge in [0.1, 0.15) is 5.82 Å². The predicted octanol–water partition coefficient (Wildman–Crippen LogP) is 6.43. The molecule has 0 spiro atoms. The molecule has 1 aliphatic rings. The Morgan fingerprint density at radius 1 is 1.05 bits per heavy atom. The summed E-state index contributed by atoms with van der Waals surface area (Å²) in [4.78, 5) is 31.1. The lowest BCUT2D eigenvalue weighted by Crippen LogP contribution is -2.25. The number of rotatable bonds is 9. The topological polar surface area (TPSA) is 104 Å². The van der Waals surface area contributed by atoms with Crippen LogP contribution < -0.4 is 25.1 Å². The minimum absolute atomic E-state index is 0.155. The van der Waals surface area contributed by atoms with E-state index >= 15 is 0 Å². The first-order valence-electron chi connectivity index (χ1n) is 13.9. The molecule has 9 nitrogen and oxygen atoms in total. The van der Waals surface area contributed by atoms with Crippen LogP contribution in [0.3, 0.4) is 0 Å². The van der Waals surface area contributed by atoms with Crippen LogP contribution in [0.2, 0.25) is 0 Å². The highest BCUT2D eigenvalue weighted by Gasteiger charge is 2.23. The molecule has 1 heterocycles. The van der Waals surface area contributed by atoms with Crippen LogP contribution in [-0.4, -0.2) is 42.6 Å². The van der Waals surface area contributed by atoms with Crippen LogP contribution in [-0.2, 0) is 4.79 Å². The zero-order valence-corrected chi connectivity index (χ0v) is 25.4. The SMILES string of the molecule is COc1cc(C=Nn2c(C3CCCCC3)nc3ccc(Br)cc3c2=O)cc(OC)c1OCC(=O)Nc1ccc(C)cc1. The fraction of sp³-hybridized carbons (Fsp3) is 0.312. The fourth-order valence-corrected chi connectivity index (χ4v) is 5.48. The van der Waals surface area contributed by atoms with E-state index in [1.165, 1.54) is 25.3 Å². The number of aromatic nitrogens is 2. The number of hydrogen-bond donors (Lipinski definition) is 1. The lowest BCUT2D eigenvalue weighted by molar-refractivity contribution is -0.118. The van der Waals surface area contributed by atoms with E-state index in [1.807, 2.05) is 43.3 Å². The molecule has 5 rings (SSSR count). The molecule has 0 radical (unpaired) electrons. The first-order valence-corrected chi connectivity index (χ1v) is 14.7. The average Bonchev–Trinajstić information content (AvgIpc) is 3.01. The molecule has 1 saturated carbocycles. The maximum atomic E-state index is 13.6. The van der Waals surface area contributed by atoms with Crippen molar-refractivity contribution < 1.29 is 19.0 Å². The fourth-order valence-electron chi connectivity index (χ4n) is 5.12. The third-order valence-corrected chi connectivity index (χ3v) is 7.79. The van der Waals surface area contributed by atoms with Crippen molar-refractivity contribution in [2.24, 2.45) is 5.10 Å². The quantitative estimate of drug-likeness (QED) is 0.213. The molecule has 0 unspecified atom stereocenters. The van der Waals surface area contributed by atoms with Crippen molar-refractivity contribution in [3.63, 3.8) is 0 Å². The maximum absolute atomic E-state index is 13.6. The summed E-state index contributed by atoms with van der Waals surface area (Å²) >= 11 is 3.46. The molecule has 0 atom stereocenters. The summed E-state index contributed by atoms with van der Waals surface area (Å²) in [5.74, 6) is 1.51. The van der Waals surface area contributed by atoms with Crippen LogP contribution in [0, 0.1) is 6.92 Å². The molecule has 1 aliphatic carbocycles. The zero-order valence-electron chi connectivity index (χ0n) is 23.9. The Labute approximate surface area is 252 Å². The van der Waals surface area contributed by atoms with Crippen molar-refractivity contribution in [1.29, 1.82) is 0 Å². The number of anilines is 1. The number of halogens is 1. The Bertz CT molecular complexity index is 1650. The highest BCUT2D eigenvalue weighted by molar-refractivity contribution is 9.10. The molecular weight excluding hydrogens is 600 g/mol. The Balaban J connectivity index is 1.43. The van der Waals surface area contributed by atoms with Crippen molar-refractivity contribution in [3.05, 3.63) is 86.4 Å². The standard InChI is InChI=1S/C32H33BrN4O5/c1-20-9-12-24(13-10-20)35-29(38)19-42-30-27(40-2)15-21(16-28(30)41-3)18-34-37-31(22-7-5-4-6-8-22)36-26-14-11-23(33)17-25(26)32(37)39/h9-18,22H,4-8,19H2,1-3H3,(H,35,38). The van der Waals surface area contributed by atoms with E-state index in [0.29, 0.717) is 39.5 Å². The number of nitrogens with one attached hydrogen (secondary N) is 1. The molecule has 1 amide bonds. The van der Waals surface area contributed by atoms with E-state index in [2.05, 4.69) is 26.3 Å². The van der Waals surface area contributed by atoms with Crippen LogP contribution in [0.4, 0.5) is 5.69 Å². The maximum Gasteiger partial charge on any atom is 0.282 e. The van der Waals surface area contributed by atoms with Gasteiger partial charge in [0.25, 0.3) is 11.5 Å². The molecule has 1 fully saturated rings. The summed E-state index contributed by atoms with van der Waals surface area (Å²) in [5, 5.41) is 7.92. The number of aryl methyl sites for hydroxylation is 1. The number of benzene rings is 3. The van der Waals surface area contributed by atoms with Crippen LogP contribution in [0.1, 0.15) is 55.0 Å². The van der Waals surface area contributed by atoms with Crippen molar-refractivity contribution in [3.8, 4) is 17.2 Å². The number of ether oxygens (including phenoxy) is 3. The number of hydrogen-bond acceptors (Lipinski definition) is 7. The second-order valence-corrected chi connectivity index (χ2v) is 11.2. The molecule has 4 aromatic rings. The second kappa shape index (κ2) is 13.2. The number of fused-ring (bicyclic) bond motifs is 1. The van der Waals surface area contributed by atoms with Gasteiger partial charge in [0, 0.05) is 21.6 Å². The van der Waals surface area contributed by atoms with Crippen LogP contribution in [0.5, 0.6) is 17.2 Å². The highest BCUT2D eigenvalue weighted by atomic mass is 79.9. The molecule has 10 heteroatoms. The van der Waals surface area contributed by atoms with Crippen molar-refractivity contribution in [1.82, 2.24) is 9.66 Å². The van der Waals surface area contributed by atoms with Crippen molar-refractivity contribution in [2.75, 3.05) is 26.1 Å². The van der Waals surface area contributed by atoms with Crippen molar-refractivity contribution >= 4 is 44.6 Å².